The van der Waals surface area contributed by atoms with Crippen LogP contribution in [0.4, 0.5) is 5.13 Å². The summed E-state index contributed by atoms with van der Waals surface area (Å²) in [5, 5.41) is 4.79. The fourth-order valence-corrected chi connectivity index (χ4v) is 4.54. The summed E-state index contributed by atoms with van der Waals surface area (Å²) in [4.78, 5) is 8.57. The number of rotatable bonds is 3. The number of piperidine rings is 1. The summed E-state index contributed by atoms with van der Waals surface area (Å²) in [7, 11) is 0. The Morgan fingerprint density at radius 1 is 1.24 bits per heavy atom. The molecule has 4 heteroatoms. The van der Waals surface area contributed by atoms with Crippen LogP contribution in [0, 0.1) is 11.8 Å². The summed E-state index contributed by atoms with van der Waals surface area (Å²) in [5.74, 6) is 1.92. The zero-order chi connectivity index (χ0) is 14.9. The summed E-state index contributed by atoms with van der Waals surface area (Å²) < 4.78 is 0. The lowest BCUT2D eigenvalue weighted by Gasteiger charge is -2.41. The lowest BCUT2D eigenvalue weighted by Crippen LogP contribution is -2.41. The highest BCUT2D eigenvalue weighted by Crippen LogP contribution is 2.38. The summed E-state index contributed by atoms with van der Waals surface area (Å²) in [6, 6.07) is 0. The van der Waals surface area contributed by atoms with Gasteiger partial charge in [0.2, 0.25) is 0 Å². The number of hydrogen-bond acceptors (Lipinski definition) is 4. The molecule has 0 radical (unpaired) electrons. The smallest absolute Gasteiger partial charge is 0.185 e. The van der Waals surface area contributed by atoms with E-state index >= 15 is 0 Å². The van der Waals surface area contributed by atoms with Crippen molar-refractivity contribution in [2.24, 2.45) is 11.8 Å². The van der Waals surface area contributed by atoms with Crippen molar-refractivity contribution in [2.75, 3.05) is 18.0 Å². The molecule has 0 aromatic carbocycles. The number of nitrogens with zero attached hydrogens (tertiary/aromatic N) is 2. The molecule has 0 bridgehead atoms. The Labute approximate surface area is 133 Å². The Morgan fingerprint density at radius 3 is 2.76 bits per heavy atom. The molecule has 118 valence electrons. The molecule has 1 aliphatic heterocycles. The summed E-state index contributed by atoms with van der Waals surface area (Å²) in [6.07, 6.45) is 9.24. The fourth-order valence-electron chi connectivity index (χ4n) is 3.65. The second-order valence-electron chi connectivity index (χ2n) is 7.75. The van der Waals surface area contributed by atoms with Crippen molar-refractivity contribution in [3.05, 3.63) is 11.1 Å². The molecule has 1 aliphatic carbocycles. The van der Waals surface area contributed by atoms with Gasteiger partial charge in [0.05, 0.1) is 0 Å². The van der Waals surface area contributed by atoms with Crippen LogP contribution in [0.2, 0.25) is 0 Å². The van der Waals surface area contributed by atoms with E-state index < -0.39 is 0 Å². The third-order valence-electron chi connectivity index (χ3n) is 4.90. The van der Waals surface area contributed by atoms with Crippen LogP contribution in [0.25, 0.3) is 0 Å². The van der Waals surface area contributed by atoms with Gasteiger partial charge in [-0.25, -0.2) is 4.98 Å². The first-order valence-electron chi connectivity index (χ1n) is 8.46. The second kappa shape index (κ2) is 6.25. The molecule has 3 nitrogen and oxygen atoms in total. The second-order valence-corrected chi connectivity index (χ2v) is 8.85. The van der Waals surface area contributed by atoms with E-state index in [1.807, 2.05) is 11.3 Å². The average Bonchev–Trinajstić information content (AvgIpc) is 2.93. The number of anilines is 1. The average molecular weight is 308 g/mol. The van der Waals surface area contributed by atoms with Gasteiger partial charge < -0.3 is 10.2 Å². The van der Waals surface area contributed by atoms with Crippen molar-refractivity contribution in [3.63, 3.8) is 0 Å². The van der Waals surface area contributed by atoms with Gasteiger partial charge in [-0.05, 0) is 45.4 Å². The Morgan fingerprint density at radius 2 is 2.00 bits per heavy atom. The maximum Gasteiger partial charge on any atom is 0.185 e. The SMILES string of the molecule is CC(C)(C)NCc1cnc(N2CCC3CCCCC3C2)s1. The molecule has 21 heavy (non-hydrogen) atoms. The minimum atomic E-state index is 0.171. The zero-order valence-corrected chi connectivity index (χ0v) is 14.5. The van der Waals surface area contributed by atoms with E-state index in [9.17, 15) is 0 Å². The van der Waals surface area contributed by atoms with E-state index in [0.29, 0.717) is 0 Å². The number of aromatic nitrogens is 1. The van der Waals surface area contributed by atoms with Crippen LogP contribution in [-0.4, -0.2) is 23.6 Å². The van der Waals surface area contributed by atoms with Crippen LogP contribution in [0.15, 0.2) is 6.20 Å². The largest absolute Gasteiger partial charge is 0.348 e. The standard InChI is InChI=1S/C17H29N3S/c1-17(2,3)19-11-15-10-18-16(21-15)20-9-8-13-6-4-5-7-14(13)12-20/h10,13-14,19H,4-9,11-12H2,1-3H3. The van der Waals surface area contributed by atoms with Gasteiger partial charge >= 0.3 is 0 Å². The van der Waals surface area contributed by atoms with E-state index in [2.05, 4.69) is 42.2 Å². The van der Waals surface area contributed by atoms with Gasteiger partial charge in [-0.2, -0.15) is 0 Å². The highest BCUT2D eigenvalue weighted by molar-refractivity contribution is 7.15. The number of fused-ring (bicyclic) bond motifs is 1. The van der Waals surface area contributed by atoms with Gasteiger partial charge in [0.15, 0.2) is 5.13 Å². The molecule has 0 amide bonds. The quantitative estimate of drug-likeness (QED) is 0.913. The number of nitrogens with one attached hydrogen (secondary N) is 1. The fraction of sp³-hybridized carbons (Fsp3) is 0.824. The molecule has 1 aromatic heterocycles. The molecular weight excluding hydrogens is 278 g/mol. The normalized spacial score (nSPS) is 26.7. The first-order chi connectivity index (χ1) is 10.0. The van der Waals surface area contributed by atoms with Crippen molar-refractivity contribution < 1.29 is 0 Å². The monoisotopic (exact) mass is 307 g/mol. The first-order valence-corrected chi connectivity index (χ1v) is 9.27. The molecule has 2 unspecified atom stereocenters. The third-order valence-corrected chi connectivity index (χ3v) is 5.95. The number of thiazole rings is 1. The lowest BCUT2D eigenvalue weighted by atomic mass is 9.75. The molecule has 2 heterocycles. The van der Waals surface area contributed by atoms with Crippen molar-refractivity contribution in [1.29, 1.82) is 0 Å². The van der Waals surface area contributed by atoms with E-state index in [-0.39, 0.29) is 5.54 Å². The van der Waals surface area contributed by atoms with E-state index in [1.165, 1.54) is 55.2 Å². The third kappa shape index (κ3) is 3.98. The van der Waals surface area contributed by atoms with Gasteiger partial charge in [0.1, 0.15) is 0 Å². The van der Waals surface area contributed by atoms with Crippen molar-refractivity contribution in [2.45, 2.75) is 65.0 Å². The lowest BCUT2D eigenvalue weighted by molar-refractivity contribution is 0.202. The first kappa shape index (κ1) is 15.3. The predicted molar refractivity (Wildman–Crippen MR) is 91.0 cm³/mol. The molecule has 0 spiro atoms. The molecule has 3 rings (SSSR count). The molecule has 2 fully saturated rings. The van der Waals surface area contributed by atoms with E-state index in [0.717, 1.165) is 18.4 Å². The zero-order valence-electron chi connectivity index (χ0n) is 13.7. The minimum Gasteiger partial charge on any atom is -0.348 e. The van der Waals surface area contributed by atoms with Crippen LogP contribution in [-0.2, 0) is 6.54 Å². The Kier molecular flexibility index (Phi) is 4.55. The van der Waals surface area contributed by atoms with Crippen LogP contribution < -0.4 is 10.2 Å². The molecule has 1 aromatic rings. The molecular formula is C17H29N3S. The highest BCUT2D eigenvalue weighted by Gasteiger charge is 2.32. The molecule has 2 atom stereocenters. The van der Waals surface area contributed by atoms with Gasteiger partial charge in [0, 0.05) is 36.2 Å². The Balaban J connectivity index is 1.58. The van der Waals surface area contributed by atoms with Crippen LogP contribution in [0.5, 0.6) is 0 Å². The van der Waals surface area contributed by atoms with E-state index in [1.54, 1.807) is 0 Å². The molecule has 1 N–H and O–H groups in total. The van der Waals surface area contributed by atoms with Crippen LogP contribution in [0.1, 0.15) is 57.8 Å². The Bertz CT molecular complexity index is 463. The molecule has 2 aliphatic rings. The van der Waals surface area contributed by atoms with Crippen molar-refractivity contribution >= 4 is 16.5 Å². The molecule has 1 saturated heterocycles. The topological polar surface area (TPSA) is 28.2 Å². The van der Waals surface area contributed by atoms with Gasteiger partial charge in [-0.1, -0.05) is 19.3 Å². The summed E-state index contributed by atoms with van der Waals surface area (Å²) in [6.45, 7) is 10.0. The highest BCUT2D eigenvalue weighted by atomic mass is 32.1. The van der Waals surface area contributed by atoms with Gasteiger partial charge in [0.25, 0.3) is 0 Å². The number of hydrogen-bond donors (Lipinski definition) is 1. The van der Waals surface area contributed by atoms with Crippen molar-refractivity contribution in [3.8, 4) is 0 Å². The van der Waals surface area contributed by atoms with Gasteiger partial charge in [-0.3, -0.25) is 0 Å². The van der Waals surface area contributed by atoms with Crippen LogP contribution in [0.3, 0.4) is 0 Å². The maximum atomic E-state index is 4.68. The van der Waals surface area contributed by atoms with E-state index in [4.69, 9.17) is 0 Å². The molecule has 1 saturated carbocycles. The van der Waals surface area contributed by atoms with Crippen molar-refractivity contribution in [1.82, 2.24) is 10.3 Å². The maximum absolute atomic E-state index is 4.68. The Hall–Kier alpha value is -0.610. The summed E-state index contributed by atoms with van der Waals surface area (Å²) >= 11 is 1.87. The minimum absolute atomic E-state index is 0.171. The summed E-state index contributed by atoms with van der Waals surface area (Å²) in [5.41, 5.74) is 0.171. The predicted octanol–water partition coefficient (Wildman–Crippen LogP) is 4.05. The van der Waals surface area contributed by atoms with Crippen LogP contribution >= 0.6 is 11.3 Å². The van der Waals surface area contributed by atoms with Gasteiger partial charge in [-0.15, -0.1) is 11.3 Å².